The van der Waals surface area contributed by atoms with Crippen LogP contribution in [0.15, 0.2) is 30.3 Å². The number of fused-ring (bicyclic) bond motifs is 1. The number of benzene rings is 1. The van der Waals surface area contributed by atoms with Crippen molar-refractivity contribution >= 4 is 14.1 Å². The van der Waals surface area contributed by atoms with Gasteiger partial charge >= 0.3 is 0 Å². The SMILES string of the molecule is C[Si](C)(C)OC1(CCCCOc2ccccc2)CC(=O)C2OC21. The molecular weight excluding hydrogens is 308 g/mol. The highest BCUT2D eigenvalue weighted by molar-refractivity contribution is 6.69. The number of carbonyl (C=O) groups is 1. The average Bonchev–Trinajstić information content (AvgIpc) is 3.23. The van der Waals surface area contributed by atoms with Crippen LogP contribution in [-0.4, -0.2) is 38.5 Å². The van der Waals surface area contributed by atoms with Crippen LogP contribution in [0.1, 0.15) is 25.7 Å². The lowest BCUT2D eigenvalue weighted by Crippen LogP contribution is -2.45. The number of ketones is 1. The number of hydrogen-bond acceptors (Lipinski definition) is 4. The Kier molecular flexibility index (Phi) is 4.62. The fourth-order valence-electron chi connectivity index (χ4n) is 3.47. The van der Waals surface area contributed by atoms with Crippen LogP contribution in [0.4, 0.5) is 0 Å². The van der Waals surface area contributed by atoms with Gasteiger partial charge in [0, 0.05) is 6.42 Å². The van der Waals surface area contributed by atoms with Crippen molar-refractivity contribution in [3.05, 3.63) is 30.3 Å². The molecule has 1 saturated carbocycles. The molecule has 5 heteroatoms. The molecule has 1 aromatic rings. The van der Waals surface area contributed by atoms with Gasteiger partial charge in [0.15, 0.2) is 14.1 Å². The zero-order valence-electron chi connectivity index (χ0n) is 14.2. The Morgan fingerprint density at radius 1 is 1.22 bits per heavy atom. The molecular formula is C18H26O4Si. The first-order valence-electron chi connectivity index (χ1n) is 8.46. The van der Waals surface area contributed by atoms with Gasteiger partial charge < -0.3 is 13.9 Å². The summed E-state index contributed by atoms with van der Waals surface area (Å²) in [5.74, 6) is 1.12. The normalized spacial score (nSPS) is 29.4. The molecule has 0 bridgehead atoms. The third kappa shape index (κ3) is 4.02. The van der Waals surface area contributed by atoms with Crippen molar-refractivity contribution in [1.82, 2.24) is 0 Å². The first-order valence-corrected chi connectivity index (χ1v) is 11.9. The van der Waals surface area contributed by atoms with E-state index in [1.807, 2.05) is 30.3 Å². The third-order valence-electron chi connectivity index (χ3n) is 4.32. The summed E-state index contributed by atoms with van der Waals surface area (Å²) in [5, 5.41) is 0. The molecule has 1 aliphatic heterocycles. The zero-order chi connectivity index (χ0) is 16.5. The molecule has 3 atom stereocenters. The van der Waals surface area contributed by atoms with Gasteiger partial charge in [-0.15, -0.1) is 0 Å². The second-order valence-corrected chi connectivity index (χ2v) is 11.9. The molecule has 0 radical (unpaired) electrons. The van der Waals surface area contributed by atoms with E-state index in [0.717, 1.165) is 25.0 Å². The maximum atomic E-state index is 12.0. The van der Waals surface area contributed by atoms with Crippen molar-refractivity contribution in [3.63, 3.8) is 0 Å². The van der Waals surface area contributed by atoms with Crippen molar-refractivity contribution in [1.29, 1.82) is 0 Å². The van der Waals surface area contributed by atoms with E-state index < -0.39 is 8.32 Å². The minimum absolute atomic E-state index is 0.00299. The fourth-order valence-corrected chi connectivity index (χ4v) is 4.98. The highest BCUT2D eigenvalue weighted by atomic mass is 28.4. The summed E-state index contributed by atoms with van der Waals surface area (Å²) in [6.07, 6.45) is 3.15. The first-order chi connectivity index (χ1) is 10.9. The first kappa shape index (κ1) is 16.7. The molecule has 2 fully saturated rings. The van der Waals surface area contributed by atoms with Crippen LogP contribution in [0, 0.1) is 0 Å². The van der Waals surface area contributed by atoms with Gasteiger partial charge in [-0.25, -0.2) is 0 Å². The standard InChI is InChI=1S/C18H26O4Si/c1-23(2,3)22-18(13-15(19)16-17(18)21-16)11-7-8-12-20-14-9-5-4-6-10-14/h4-6,9-10,16-17H,7-8,11-13H2,1-3H3. The summed E-state index contributed by atoms with van der Waals surface area (Å²) in [4.78, 5) is 12.0. The molecule has 0 aromatic heterocycles. The van der Waals surface area contributed by atoms with E-state index in [1.54, 1.807) is 0 Å². The molecule has 2 aliphatic rings. The molecule has 1 aliphatic carbocycles. The van der Waals surface area contributed by atoms with E-state index in [1.165, 1.54) is 0 Å². The highest BCUT2D eigenvalue weighted by Gasteiger charge is 2.66. The number of hydrogen-bond donors (Lipinski definition) is 0. The minimum Gasteiger partial charge on any atom is -0.494 e. The van der Waals surface area contributed by atoms with Crippen LogP contribution in [0.3, 0.4) is 0 Å². The largest absolute Gasteiger partial charge is 0.494 e. The van der Waals surface area contributed by atoms with E-state index in [4.69, 9.17) is 13.9 Å². The van der Waals surface area contributed by atoms with E-state index >= 15 is 0 Å². The number of unbranched alkanes of at least 4 members (excludes halogenated alkanes) is 1. The number of carbonyl (C=O) groups excluding carboxylic acids is 1. The quantitative estimate of drug-likeness (QED) is 0.414. The molecule has 1 heterocycles. The van der Waals surface area contributed by atoms with Crippen LogP contribution in [0.2, 0.25) is 19.6 Å². The molecule has 0 N–H and O–H groups in total. The Morgan fingerprint density at radius 3 is 2.52 bits per heavy atom. The van der Waals surface area contributed by atoms with Crippen LogP contribution in [0.5, 0.6) is 5.75 Å². The lowest BCUT2D eigenvalue weighted by Gasteiger charge is -2.36. The van der Waals surface area contributed by atoms with Gasteiger partial charge in [-0.3, -0.25) is 4.79 Å². The fraction of sp³-hybridized carbons (Fsp3) is 0.611. The Hall–Kier alpha value is -1.17. The predicted octanol–water partition coefficient (Wildman–Crippen LogP) is 3.57. The molecule has 23 heavy (non-hydrogen) atoms. The van der Waals surface area contributed by atoms with Gasteiger partial charge in [-0.1, -0.05) is 18.2 Å². The Balaban J connectivity index is 1.49. The zero-order valence-corrected chi connectivity index (χ0v) is 15.2. The van der Waals surface area contributed by atoms with Crippen molar-refractivity contribution in [2.45, 2.75) is 63.1 Å². The smallest absolute Gasteiger partial charge is 0.184 e. The Bertz CT molecular complexity index is 554. The molecule has 1 aromatic carbocycles. The van der Waals surface area contributed by atoms with E-state index in [0.29, 0.717) is 13.0 Å². The van der Waals surface area contributed by atoms with Crippen LogP contribution >= 0.6 is 0 Å². The minimum atomic E-state index is -1.72. The van der Waals surface area contributed by atoms with Crippen molar-refractivity contribution < 1.29 is 18.7 Å². The Morgan fingerprint density at radius 2 is 1.96 bits per heavy atom. The van der Waals surface area contributed by atoms with Gasteiger partial charge in [-0.05, 0) is 51.0 Å². The van der Waals surface area contributed by atoms with E-state index in [9.17, 15) is 4.79 Å². The van der Waals surface area contributed by atoms with Crippen LogP contribution in [-0.2, 0) is 14.0 Å². The second kappa shape index (κ2) is 6.38. The molecule has 3 unspecified atom stereocenters. The molecule has 0 amide bonds. The summed E-state index contributed by atoms with van der Waals surface area (Å²) in [5.41, 5.74) is -0.376. The van der Waals surface area contributed by atoms with Gasteiger partial charge in [-0.2, -0.15) is 0 Å². The van der Waals surface area contributed by atoms with Crippen molar-refractivity contribution in [2.24, 2.45) is 0 Å². The molecule has 3 rings (SSSR count). The maximum absolute atomic E-state index is 12.0. The Labute approximate surface area is 139 Å². The summed E-state index contributed by atoms with van der Waals surface area (Å²) in [6, 6.07) is 9.86. The second-order valence-electron chi connectivity index (χ2n) is 7.52. The molecule has 4 nitrogen and oxygen atoms in total. The lowest BCUT2D eigenvalue weighted by atomic mass is 9.94. The molecule has 1 saturated heterocycles. The third-order valence-corrected chi connectivity index (χ3v) is 5.34. The van der Waals surface area contributed by atoms with Crippen LogP contribution in [0.25, 0.3) is 0 Å². The molecule has 126 valence electrons. The number of para-hydroxylation sites is 1. The summed E-state index contributed by atoms with van der Waals surface area (Å²) < 4.78 is 17.7. The average molecular weight is 334 g/mol. The van der Waals surface area contributed by atoms with Gasteiger partial charge in [0.2, 0.25) is 0 Å². The maximum Gasteiger partial charge on any atom is 0.184 e. The van der Waals surface area contributed by atoms with E-state index in [-0.39, 0.29) is 23.6 Å². The number of Topliss-reactive ketones (excluding diaryl/α,β-unsaturated/α-hetero) is 1. The number of ether oxygens (including phenoxy) is 2. The van der Waals surface area contributed by atoms with Gasteiger partial charge in [0.05, 0.1) is 12.2 Å². The predicted molar refractivity (Wildman–Crippen MR) is 91.2 cm³/mol. The summed E-state index contributed by atoms with van der Waals surface area (Å²) in [7, 11) is -1.72. The van der Waals surface area contributed by atoms with Gasteiger partial charge in [0.1, 0.15) is 18.0 Å². The topological polar surface area (TPSA) is 48.1 Å². The van der Waals surface area contributed by atoms with Crippen LogP contribution < -0.4 is 4.74 Å². The summed E-state index contributed by atoms with van der Waals surface area (Å²) in [6.45, 7) is 7.21. The number of epoxide rings is 1. The monoisotopic (exact) mass is 334 g/mol. The molecule has 0 spiro atoms. The lowest BCUT2D eigenvalue weighted by molar-refractivity contribution is -0.124. The number of rotatable bonds is 8. The van der Waals surface area contributed by atoms with Gasteiger partial charge in [0.25, 0.3) is 0 Å². The highest BCUT2D eigenvalue weighted by Crippen LogP contribution is 2.49. The van der Waals surface area contributed by atoms with Crippen molar-refractivity contribution in [2.75, 3.05) is 6.61 Å². The van der Waals surface area contributed by atoms with Crippen molar-refractivity contribution in [3.8, 4) is 5.75 Å². The van der Waals surface area contributed by atoms with E-state index in [2.05, 4.69) is 19.6 Å². The summed E-state index contributed by atoms with van der Waals surface area (Å²) >= 11 is 0.